The highest BCUT2D eigenvalue weighted by Crippen LogP contribution is 2.35. The number of hydrogen-bond donors (Lipinski definition) is 0. The van der Waals surface area contributed by atoms with Gasteiger partial charge in [0.2, 0.25) is 0 Å². The van der Waals surface area contributed by atoms with Crippen molar-refractivity contribution in [3.05, 3.63) is 96.7 Å². The first-order valence-corrected chi connectivity index (χ1v) is 12.5. The summed E-state index contributed by atoms with van der Waals surface area (Å²) in [5.74, 6) is 0. The van der Waals surface area contributed by atoms with E-state index >= 15 is 0 Å². The number of nitrogens with zero attached hydrogens (tertiary/aromatic N) is 3. The fourth-order valence-electron chi connectivity index (χ4n) is 6.05. The van der Waals surface area contributed by atoms with Crippen LogP contribution in [0.3, 0.4) is 0 Å². The molecule has 2 bridgehead atoms. The van der Waals surface area contributed by atoms with Crippen molar-refractivity contribution < 1.29 is 0 Å². The van der Waals surface area contributed by atoms with E-state index in [1.165, 1.54) is 11.6 Å². The van der Waals surface area contributed by atoms with Gasteiger partial charge in [-0.25, -0.2) is 0 Å². The molecule has 0 spiro atoms. The molecule has 0 radical (unpaired) electrons. The SMILES string of the molecule is Cc1ccc2c(=O)n(C)c(=O)c3ccc(cc23)c2ccc3c(=O)n4c(c5ccc1c2c35)=NCC(C)(C)C4. The van der Waals surface area contributed by atoms with Crippen LogP contribution < -0.4 is 22.2 Å². The van der Waals surface area contributed by atoms with Crippen molar-refractivity contribution in [1.82, 2.24) is 9.13 Å². The van der Waals surface area contributed by atoms with Gasteiger partial charge >= 0.3 is 0 Å². The molecule has 6 nitrogen and oxygen atoms in total. The lowest BCUT2D eigenvalue weighted by atomic mass is 9.90. The zero-order valence-corrected chi connectivity index (χ0v) is 21.2. The van der Waals surface area contributed by atoms with Crippen LogP contribution >= 0.6 is 0 Å². The summed E-state index contributed by atoms with van der Waals surface area (Å²) in [6.07, 6.45) is 0. The van der Waals surface area contributed by atoms with Crippen molar-refractivity contribution in [2.45, 2.75) is 27.3 Å². The topological polar surface area (TPSA) is 73.4 Å². The molecule has 7 rings (SSSR count). The van der Waals surface area contributed by atoms with Gasteiger partial charge in [-0.1, -0.05) is 38.1 Å². The molecule has 0 N–H and O–H groups in total. The molecule has 0 atom stereocenters. The Hall–Kier alpha value is -4.32. The summed E-state index contributed by atoms with van der Waals surface area (Å²) in [4.78, 5) is 44.6. The Morgan fingerprint density at radius 3 is 2.05 bits per heavy atom. The van der Waals surface area contributed by atoms with Crippen LogP contribution in [0.2, 0.25) is 0 Å². The number of hydrogen-bond acceptors (Lipinski definition) is 4. The Kier molecular flexibility index (Phi) is 4.22. The highest BCUT2D eigenvalue weighted by atomic mass is 16.2. The van der Waals surface area contributed by atoms with Crippen LogP contribution in [0.25, 0.3) is 53.9 Å². The first-order chi connectivity index (χ1) is 17.7. The van der Waals surface area contributed by atoms with E-state index in [2.05, 4.69) is 26.0 Å². The molecule has 0 unspecified atom stereocenters. The van der Waals surface area contributed by atoms with Crippen LogP contribution in [-0.2, 0) is 13.6 Å². The molecule has 182 valence electrons. The van der Waals surface area contributed by atoms with E-state index in [1.54, 1.807) is 6.07 Å². The summed E-state index contributed by atoms with van der Waals surface area (Å²) >= 11 is 0. The lowest BCUT2D eigenvalue weighted by molar-refractivity contribution is 0.285. The van der Waals surface area contributed by atoms with E-state index in [4.69, 9.17) is 4.99 Å². The standard InChI is InChI=1S/C31H25N3O3/c1-16-5-7-20-24-13-17(6-8-21(24)29(36)33(4)28(20)35)19-10-12-23-26-22(11-9-18(16)25(19)26)27-32-14-31(2,3)15-34(27)30(23)37/h5-13H,14-15H2,1-4H3. The number of aromatic nitrogens is 2. The number of benzene rings is 3. The number of pyridine rings is 2. The molecule has 0 fully saturated rings. The maximum Gasteiger partial charge on any atom is 0.261 e. The summed E-state index contributed by atoms with van der Waals surface area (Å²) in [6.45, 7) is 7.58. The summed E-state index contributed by atoms with van der Waals surface area (Å²) in [7, 11) is 1.52. The molecule has 6 heteroatoms. The van der Waals surface area contributed by atoms with E-state index in [-0.39, 0.29) is 22.1 Å². The third-order valence-electron chi connectivity index (χ3n) is 7.99. The van der Waals surface area contributed by atoms with E-state index in [9.17, 15) is 14.4 Å². The number of rotatable bonds is 0. The fraction of sp³-hybridized carbons (Fsp3) is 0.226. The van der Waals surface area contributed by atoms with Gasteiger partial charge in [-0.05, 0) is 64.4 Å². The fourth-order valence-corrected chi connectivity index (χ4v) is 6.05. The van der Waals surface area contributed by atoms with Crippen molar-refractivity contribution >= 4 is 53.9 Å². The predicted octanol–water partition coefficient (Wildman–Crippen LogP) is 4.36. The Morgan fingerprint density at radius 1 is 0.703 bits per heavy atom. The summed E-state index contributed by atoms with van der Waals surface area (Å²) in [5.41, 5.74) is 0.997. The number of aryl methyl sites for hydroxylation is 1. The van der Waals surface area contributed by atoms with Gasteiger partial charge in [0, 0.05) is 57.9 Å². The van der Waals surface area contributed by atoms with E-state index in [1.807, 2.05) is 47.9 Å². The lowest BCUT2D eigenvalue weighted by Gasteiger charge is -2.28. The molecule has 1 aliphatic heterocycles. The molecular weight excluding hydrogens is 462 g/mol. The average Bonchev–Trinajstić information content (AvgIpc) is 2.88. The normalized spacial score (nSPS) is 15.0. The Bertz CT molecular complexity index is 2260. The van der Waals surface area contributed by atoms with Gasteiger partial charge in [0.05, 0.1) is 0 Å². The Morgan fingerprint density at radius 2 is 1.30 bits per heavy atom. The minimum absolute atomic E-state index is 0.0201. The molecule has 3 heterocycles. The van der Waals surface area contributed by atoms with Crippen molar-refractivity contribution in [3.63, 3.8) is 0 Å². The van der Waals surface area contributed by atoms with Crippen molar-refractivity contribution in [3.8, 4) is 0 Å². The number of fused-ring (bicyclic) bond motifs is 4. The van der Waals surface area contributed by atoms with Crippen LogP contribution in [0.1, 0.15) is 19.4 Å². The summed E-state index contributed by atoms with van der Waals surface area (Å²) in [6, 6.07) is 17.5. The first kappa shape index (κ1) is 21.9. The van der Waals surface area contributed by atoms with Crippen LogP contribution in [0, 0.1) is 12.3 Å². The van der Waals surface area contributed by atoms with Crippen LogP contribution in [0.15, 0.2) is 74.0 Å². The molecular formula is C31H25N3O3. The van der Waals surface area contributed by atoms with Crippen LogP contribution in [-0.4, -0.2) is 15.7 Å². The maximum atomic E-state index is 13.8. The van der Waals surface area contributed by atoms with E-state index in [0.717, 1.165) is 43.4 Å². The third kappa shape index (κ3) is 2.87. The minimum atomic E-state index is -0.311. The largest absolute Gasteiger partial charge is 0.292 e. The lowest BCUT2D eigenvalue weighted by Crippen LogP contribution is -2.43. The molecule has 4 aromatic carbocycles. The molecule has 6 aromatic rings. The molecule has 0 saturated carbocycles. The average molecular weight is 488 g/mol. The summed E-state index contributed by atoms with van der Waals surface area (Å²) < 4.78 is 3.00. The summed E-state index contributed by atoms with van der Waals surface area (Å²) in [5, 5.41) is 8.07. The second-order valence-electron chi connectivity index (χ2n) is 11.1. The van der Waals surface area contributed by atoms with Gasteiger partial charge in [-0.2, -0.15) is 0 Å². The molecule has 0 amide bonds. The second kappa shape index (κ2) is 7.13. The highest BCUT2D eigenvalue weighted by molar-refractivity contribution is 6.26. The van der Waals surface area contributed by atoms with Gasteiger partial charge in [-0.15, -0.1) is 0 Å². The molecule has 0 saturated heterocycles. The minimum Gasteiger partial charge on any atom is -0.292 e. The van der Waals surface area contributed by atoms with Gasteiger partial charge in [0.25, 0.3) is 16.7 Å². The van der Waals surface area contributed by atoms with Gasteiger partial charge < -0.3 is 0 Å². The van der Waals surface area contributed by atoms with Gasteiger partial charge in [-0.3, -0.25) is 28.5 Å². The molecule has 2 aromatic heterocycles. The van der Waals surface area contributed by atoms with Gasteiger partial charge in [0.1, 0.15) is 5.49 Å². The van der Waals surface area contributed by atoms with Crippen LogP contribution in [0.5, 0.6) is 0 Å². The zero-order valence-electron chi connectivity index (χ0n) is 21.2. The first-order valence-electron chi connectivity index (χ1n) is 12.5. The predicted molar refractivity (Wildman–Crippen MR) is 150 cm³/mol. The van der Waals surface area contributed by atoms with E-state index < -0.39 is 0 Å². The van der Waals surface area contributed by atoms with Crippen LogP contribution in [0.4, 0.5) is 0 Å². The highest BCUT2D eigenvalue weighted by Gasteiger charge is 2.26. The maximum absolute atomic E-state index is 13.8. The molecule has 1 aliphatic rings. The molecule has 37 heavy (non-hydrogen) atoms. The van der Waals surface area contributed by atoms with E-state index in [0.29, 0.717) is 34.6 Å². The monoisotopic (exact) mass is 487 g/mol. The Balaban J connectivity index is 1.79. The smallest absolute Gasteiger partial charge is 0.261 e. The van der Waals surface area contributed by atoms with Crippen molar-refractivity contribution in [2.75, 3.05) is 6.54 Å². The second-order valence-corrected chi connectivity index (χ2v) is 11.1. The Labute approximate surface area is 211 Å². The van der Waals surface area contributed by atoms with Crippen molar-refractivity contribution in [2.24, 2.45) is 17.5 Å². The quantitative estimate of drug-likeness (QED) is 0.320. The van der Waals surface area contributed by atoms with Gasteiger partial charge in [0.15, 0.2) is 0 Å². The van der Waals surface area contributed by atoms with Crippen molar-refractivity contribution in [1.29, 1.82) is 0 Å². The molecule has 0 aliphatic carbocycles. The zero-order chi connectivity index (χ0) is 25.8. The third-order valence-corrected chi connectivity index (χ3v) is 7.99.